The van der Waals surface area contributed by atoms with E-state index in [9.17, 15) is 0 Å². The lowest BCUT2D eigenvalue weighted by Gasteiger charge is -2.20. The molecule has 1 unspecified atom stereocenters. The number of methoxy groups -OCH3 is 1. The van der Waals surface area contributed by atoms with Crippen LogP contribution in [0.2, 0.25) is 0 Å². The fourth-order valence-electron chi connectivity index (χ4n) is 3.88. The molecule has 1 aliphatic carbocycles. The Morgan fingerprint density at radius 1 is 1.13 bits per heavy atom. The lowest BCUT2D eigenvalue weighted by molar-refractivity contribution is 0.00881. The summed E-state index contributed by atoms with van der Waals surface area (Å²) in [5.41, 5.74) is 1.83. The van der Waals surface area contributed by atoms with E-state index < -0.39 is 0 Å². The number of ether oxygens (including phenoxy) is 2. The number of hydrogen-bond donors (Lipinski definition) is 1. The molecule has 1 N–H and O–H groups in total. The highest BCUT2D eigenvalue weighted by Crippen LogP contribution is 2.35. The van der Waals surface area contributed by atoms with Gasteiger partial charge in [-0.15, -0.1) is 12.4 Å². The van der Waals surface area contributed by atoms with E-state index in [1.165, 1.54) is 12.8 Å². The number of rotatable bonds is 8. The number of nitrogens with one attached hydrogen (secondary N) is 1. The molecule has 0 saturated heterocycles. The molecule has 3 aliphatic rings. The molecule has 2 heterocycles. The normalized spacial score (nSPS) is 15.2. The van der Waals surface area contributed by atoms with E-state index in [-0.39, 0.29) is 24.6 Å². The van der Waals surface area contributed by atoms with Gasteiger partial charge < -0.3 is 19.4 Å². The van der Waals surface area contributed by atoms with Gasteiger partial charge in [0.15, 0.2) is 23.2 Å². The molecule has 1 saturated carbocycles. The second kappa shape index (κ2) is 10.1. The van der Waals surface area contributed by atoms with Crippen molar-refractivity contribution in [3.63, 3.8) is 0 Å². The fourth-order valence-corrected chi connectivity index (χ4v) is 3.88. The van der Waals surface area contributed by atoms with Gasteiger partial charge in [0.2, 0.25) is 0 Å². The highest BCUT2D eigenvalue weighted by atomic mass is 35.5. The number of imidazole rings is 1. The number of anilines is 1. The van der Waals surface area contributed by atoms with Crippen LogP contribution in [0.25, 0.3) is 11.5 Å². The smallest absolute Gasteiger partial charge is 0.165 e. The van der Waals surface area contributed by atoms with E-state index in [0.717, 1.165) is 54.6 Å². The lowest BCUT2D eigenvalue weighted by Crippen LogP contribution is -2.16. The summed E-state index contributed by atoms with van der Waals surface area (Å²) in [5.74, 6) is 3.11. The van der Waals surface area contributed by atoms with Crippen molar-refractivity contribution in [3.8, 4) is 17.3 Å². The van der Waals surface area contributed by atoms with Crippen molar-refractivity contribution in [2.24, 2.45) is 0 Å². The van der Waals surface area contributed by atoms with E-state index in [2.05, 4.69) is 24.1 Å². The summed E-state index contributed by atoms with van der Waals surface area (Å²) >= 11 is 0. The molecule has 4 rings (SSSR count). The summed E-state index contributed by atoms with van der Waals surface area (Å²) in [6.45, 7) is 5.69. The number of aryl methyl sites for hydroxylation is 1. The van der Waals surface area contributed by atoms with E-state index in [1.807, 2.05) is 35.2 Å². The summed E-state index contributed by atoms with van der Waals surface area (Å²) < 4.78 is 13.9. The van der Waals surface area contributed by atoms with Gasteiger partial charge in [-0.3, -0.25) is 0 Å². The minimum absolute atomic E-state index is 0. The van der Waals surface area contributed by atoms with Crippen molar-refractivity contribution in [2.75, 3.05) is 19.0 Å². The van der Waals surface area contributed by atoms with Crippen LogP contribution in [0.15, 0.2) is 30.6 Å². The van der Waals surface area contributed by atoms with Crippen LogP contribution in [0.1, 0.15) is 57.0 Å². The lowest BCUT2D eigenvalue weighted by atomic mass is 10.1. The highest BCUT2D eigenvalue weighted by molar-refractivity contribution is 5.85. The molecule has 0 amide bonds. The van der Waals surface area contributed by atoms with E-state index >= 15 is 0 Å². The van der Waals surface area contributed by atoms with Gasteiger partial charge in [-0.05, 0) is 44.4 Å². The molecule has 0 bridgehead atoms. The van der Waals surface area contributed by atoms with Crippen molar-refractivity contribution in [2.45, 2.75) is 58.3 Å². The van der Waals surface area contributed by atoms with Crippen molar-refractivity contribution < 1.29 is 9.47 Å². The largest absolute Gasteiger partial charge is 0.497 e. The van der Waals surface area contributed by atoms with Gasteiger partial charge in [0, 0.05) is 13.1 Å². The molecule has 1 fully saturated rings. The van der Waals surface area contributed by atoms with Crippen LogP contribution in [-0.2, 0) is 11.3 Å². The van der Waals surface area contributed by atoms with Crippen molar-refractivity contribution in [3.05, 3.63) is 42.0 Å². The first-order chi connectivity index (χ1) is 14.2. The number of benzene rings is 1. The topological polar surface area (TPSA) is 74.1 Å². The summed E-state index contributed by atoms with van der Waals surface area (Å²) in [6, 6.07) is 8.00. The summed E-state index contributed by atoms with van der Waals surface area (Å²) in [4.78, 5) is 14.3. The molecule has 0 aromatic heterocycles. The Labute approximate surface area is 184 Å². The number of aromatic nitrogens is 4. The van der Waals surface area contributed by atoms with Crippen molar-refractivity contribution in [1.29, 1.82) is 0 Å². The number of fused-ring (bicyclic) bond motifs is 1. The molecule has 0 spiro atoms. The second-order valence-corrected chi connectivity index (χ2v) is 7.36. The number of nitrogens with zero attached hydrogens (tertiary/aromatic N) is 4. The molecule has 2 aliphatic heterocycles. The molecule has 8 heteroatoms. The third-order valence-electron chi connectivity index (χ3n) is 5.45. The maximum absolute atomic E-state index is 6.54. The Balaban J connectivity index is 0.00000256. The molecule has 162 valence electrons. The summed E-state index contributed by atoms with van der Waals surface area (Å²) in [6.07, 6.45) is 6.36. The van der Waals surface area contributed by atoms with Gasteiger partial charge in [0.25, 0.3) is 0 Å². The van der Waals surface area contributed by atoms with Gasteiger partial charge in [-0.1, -0.05) is 25.0 Å². The average Bonchev–Trinajstić information content (AvgIpc) is 3.43. The second-order valence-electron chi connectivity index (χ2n) is 7.36. The van der Waals surface area contributed by atoms with E-state index in [1.54, 1.807) is 7.11 Å². The van der Waals surface area contributed by atoms with Crippen LogP contribution < -0.4 is 10.1 Å². The number of halogens is 1. The van der Waals surface area contributed by atoms with Gasteiger partial charge in [0.1, 0.15) is 11.9 Å². The average molecular weight is 432 g/mol. The highest BCUT2D eigenvalue weighted by Gasteiger charge is 2.29. The Morgan fingerprint density at radius 3 is 2.50 bits per heavy atom. The molecule has 1 atom stereocenters. The zero-order valence-corrected chi connectivity index (χ0v) is 18.6. The maximum atomic E-state index is 6.54. The zero-order chi connectivity index (χ0) is 20.2. The van der Waals surface area contributed by atoms with Crippen LogP contribution in [0.4, 0.5) is 5.82 Å². The van der Waals surface area contributed by atoms with Crippen molar-refractivity contribution in [1.82, 2.24) is 19.5 Å². The van der Waals surface area contributed by atoms with Crippen LogP contribution >= 0.6 is 12.4 Å². The predicted octanol–water partition coefficient (Wildman–Crippen LogP) is 4.71. The first kappa shape index (κ1) is 22.3. The molecule has 1 aromatic rings. The molecular formula is C22H30ClN5O2. The Kier molecular flexibility index (Phi) is 7.50. The predicted molar refractivity (Wildman–Crippen MR) is 120 cm³/mol. The first-order valence-electron chi connectivity index (χ1n) is 10.5. The SMILES string of the molecule is CCNc1ncn(CC)c2nc(C(OC3CCCC3)c3ccc(OC)cc3)nc1-2.Cl. The Bertz CT molecular complexity index is 909. The van der Waals surface area contributed by atoms with Crippen LogP contribution in [0.3, 0.4) is 0 Å². The van der Waals surface area contributed by atoms with Gasteiger partial charge in [-0.25, -0.2) is 15.0 Å². The van der Waals surface area contributed by atoms with Gasteiger partial charge in [-0.2, -0.15) is 0 Å². The Morgan fingerprint density at radius 2 is 1.87 bits per heavy atom. The molecule has 7 nitrogen and oxygen atoms in total. The van der Waals surface area contributed by atoms with Crippen molar-refractivity contribution >= 4 is 18.2 Å². The zero-order valence-electron chi connectivity index (χ0n) is 17.8. The maximum Gasteiger partial charge on any atom is 0.165 e. The molecule has 30 heavy (non-hydrogen) atoms. The number of hydrogen-bond acceptors (Lipinski definition) is 6. The quantitative estimate of drug-likeness (QED) is 0.556. The standard InChI is InChI=1S/C22H29N5O2.ClH/c1-4-23-20-18-22(27(5-2)14-24-20)26-21(25-18)19(29-17-8-6-7-9-17)15-10-12-16(28-3)13-11-15;/h10-14,17,19,23H,4-9H2,1-3H3;1H. The minimum atomic E-state index is -0.309. The minimum Gasteiger partial charge on any atom is -0.497 e. The molecule has 1 aromatic carbocycles. The van der Waals surface area contributed by atoms with Crippen LogP contribution in [0.5, 0.6) is 5.75 Å². The molecular weight excluding hydrogens is 402 g/mol. The van der Waals surface area contributed by atoms with Crippen LogP contribution in [0, 0.1) is 0 Å². The summed E-state index contributed by atoms with van der Waals surface area (Å²) in [7, 11) is 1.67. The van der Waals surface area contributed by atoms with Crippen LogP contribution in [-0.4, -0.2) is 39.3 Å². The fraction of sp³-hybridized carbons (Fsp3) is 0.500. The van der Waals surface area contributed by atoms with E-state index in [0.29, 0.717) is 5.82 Å². The Hall–Kier alpha value is -2.38. The third-order valence-corrected chi connectivity index (χ3v) is 5.45. The van der Waals surface area contributed by atoms with Gasteiger partial charge in [0.05, 0.1) is 19.5 Å². The third kappa shape index (κ3) is 4.52. The van der Waals surface area contributed by atoms with E-state index in [4.69, 9.17) is 19.4 Å². The summed E-state index contributed by atoms with van der Waals surface area (Å²) in [5, 5.41) is 3.30. The first-order valence-corrected chi connectivity index (χ1v) is 10.5. The monoisotopic (exact) mass is 431 g/mol. The van der Waals surface area contributed by atoms with Gasteiger partial charge >= 0.3 is 0 Å². The molecule has 0 radical (unpaired) electrons.